The molecule has 0 saturated carbocycles. The zero-order valence-electron chi connectivity index (χ0n) is 8.77. The summed E-state index contributed by atoms with van der Waals surface area (Å²) < 4.78 is 0.973. The summed E-state index contributed by atoms with van der Waals surface area (Å²) in [6.45, 7) is 0. The van der Waals surface area contributed by atoms with Crippen molar-refractivity contribution in [2.24, 2.45) is 5.10 Å². The van der Waals surface area contributed by atoms with Crippen molar-refractivity contribution in [3.05, 3.63) is 34.3 Å². The Morgan fingerprint density at radius 3 is 2.53 bits per heavy atom. The minimum atomic E-state index is 0.0769. The Bertz CT molecular complexity index is 357. The van der Waals surface area contributed by atoms with Gasteiger partial charge in [-0.25, -0.2) is 0 Å². The molecule has 1 aromatic rings. The van der Waals surface area contributed by atoms with Crippen molar-refractivity contribution in [2.45, 2.75) is 6.42 Å². The van der Waals surface area contributed by atoms with Crippen molar-refractivity contribution in [2.75, 3.05) is 14.1 Å². The fraction of sp³-hybridized carbons (Fsp3) is 0.273. The molecule has 3 nitrogen and oxygen atoms in total. The maximum absolute atomic E-state index is 11.6. The van der Waals surface area contributed by atoms with Crippen molar-refractivity contribution in [3.63, 3.8) is 0 Å². The Kier molecular flexibility index (Phi) is 4.49. The number of carbonyl (C=O) groups is 1. The lowest BCUT2D eigenvalue weighted by molar-refractivity contribution is 0.100. The molecule has 1 rings (SSSR count). The first-order valence-electron chi connectivity index (χ1n) is 4.58. The quantitative estimate of drug-likeness (QED) is 0.478. The van der Waals surface area contributed by atoms with Gasteiger partial charge in [-0.15, -0.1) is 0 Å². The molecule has 0 aromatic heterocycles. The van der Waals surface area contributed by atoms with Crippen LogP contribution in [-0.4, -0.2) is 31.1 Å². The number of rotatable bonds is 4. The first-order valence-corrected chi connectivity index (χ1v) is 5.37. The van der Waals surface area contributed by atoms with Gasteiger partial charge in [0, 0.05) is 36.8 Å². The maximum atomic E-state index is 11.6. The number of hydrazone groups is 1. The summed E-state index contributed by atoms with van der Waals surface area (Å²) in [5.74, 6) is 0.0769. The number of carbonyl (C=O) groups excluding carboxylic acids is 1. The van der Waals surface area contributed by atoms with Crippen LogP contribution in [0.4, 0.5) is 0 Å². The minimum absolute atomic E-state index is 0.0769. The van der Waals surface area contributed by atoms with E-state index >= 15 is 0 Å². The lowest BCUT2D eigenvalue weighted by Gasteiger charge is -2.02. The van der Waals surface area contributed by atoms with Crippen molar-refractivity contribution >= 4 is 27.9 Å². The van der Waals surface area contributed by atoms with Crippen molar-refractivity contribution in [1.29, 1.82) is 0 Å². The normalized spacial score (nSPS) is 10.6. The van der Waals surface area contributed by atoms with Crippen LogP contribution >= 0.6 is 15.9 Å². The molecular weight excluding hydrogens is 256 g/mol. The van der Waals surface area contributed by atoms with Gasteiger partial charge in [-0.3, -0.25) is 4.79 Å². The fourth-order valence-corrected chi connectivity index (χ4v) is 1.31. The lowest BCUT2D eigenvalue weighted by Crippen LogP contribution is -2.04. The molecule has 0 amide bonds. The molecule has 0 aliphatic carbocycles. The van der Waals surface area contributed by atoms with Crippen LogP contribution in [0.2, 0.25) is 0 Å². The van der Waals surface area contributed by atoms with Crippen LogP contribution in [-0.2, 0) is 0 Å². The summed E-state index contributed by atoms with van der Waals surface area (Å²) in [5.41, 5.74) is 0.711. The van der Waals surface area contributed by atoms with E-state index in [2.05, 4.69) is 21.0 Å². The highest BCUT2D eigenvalue weighted by atomic mass is 79.9. The number of ketones is 1. The number of halogens is 1. The highest BCUT2D eigenvalue weighted by molar-refractivity contribution is 9.10. The van der Waals surface area contributed by atoms with E-state index in [9.17, 15) is 4.79 Å². The van der Waals surface area contributed by atoms with Gasteiger partial charge in [-0.1, -0.05) is 28.1 Å². The summed E-state index contributed by atoms with van der Waals surface area (Å²) in [6.07, 6.45) is 1.95. The summed E-state index contributed by atoms with van der Waals surface area (Å²) in [7, 11) is 3.64. The molecule has 0 saturated heterocycles. The smallest absolute Gasteiger partial charge is 0.168 e. The van der Waals surface area contributed by atoms with Crippen molar-refractivity contribution in [1.82, 2.24) is 5.01 Å². The first-order chi connectivity index (χ1) is 7.09. The van der Waals surface area contributed by atoms with E-state index in [-0.39, 0.29) is 5.78 Å². The van der Waals surface area contributed by atoms with Crippen molar-refractivity contribution in [3.8, 4) is 0 Å². The maximum Gasteiger partial charge on any atom is 0.168 e. The standard InChI is InChI=1S/C11H13BrN2O/c1-14(2)13-8-7-11(15)9-3-5-10(12)6-4-9/h3-6,8H,7H2,1-2H3/b13-8+. The Hall–Kier alpha value is -1.16. The van der Waals surface area contributed by atoms with Gasteiger partial charge in [-0.2, -0.15) is 5.10 Å². The largest absolute Gasteiger partial charge is 0.303 e. The molecule has 0 bridgehead atoms. The zero-order valence-corrected chi connectivity index (χ0v) is 10.4. The van der Waals surface area contributed by atoms with Crippen LogP contribution in [0.5, 0.6) is 0 Å². The molecule has 0 N–H and O–H groups in total. The van der Waals surface area contributed by atoms with Crippen LogP contribution in [0.25, 0.3) is 0 Å². The van der Waals surface area contributed by atoms with Gasteiger partial charge in [0.15, 0.2) is 5.78 Å². The molecule has 0 heterocycles. The van der Waals surface area contributed by atoms with Crippen molar-refractivity contribution < 1.29 is 4.79 Å². The Labute approximate surface area is 97.9 Å². The van der Waals surface area contributed by atoms with E-state index in [0.717, 1.165) is 4.47 Å². The molecule has 4 heteroatoms. The Balaban J connectivity index is 2.58. The van der Waals surface area contributed by atoms with E-state index in [4.69, 9.17) is 0 Å². The summed E-state index contributed by atoms with van der Waals surface area (Å²) >= 11 is 3.32. The number of benzene rings is 1. The third-order valence-electron chi connectivity index (χ3n) is 1.76. The number of Topliss-reactive ketones (excluding diaryl/α,β-unsaturated/α-hetero) is 1. The van der Waals surface area contributed by atoms with Gasteiger partial charge in [0.25, 0.3) is 0 Å². The predicted molar refractivity (Wildman–Crippen MR) is 65.3 cm³/mol. The molecule has 0 unspecified atom stereocenters. The molecule has 0 spiro atoms. The lowest BCUT2D eigenvalue weighted by atomic mass is 10.1. The highest BCUT2D eigenvalue weighted by Gasteiger charge is 2.02. The van der Waals surface area contributed by atoms with Gasteiger partial charge < -0.3 is 5.01 Å². The van der Waals surface area contributed by atoms with Gasteiger partial charge >= 0.3 is 0 Å². The molecule has 80 valence electrons. The van der Waals surface area contributed by atoms with Gasteiger partial charge in [0.05, 0.1) is 0 Å². The second-order valence-corrected chi connectivity index (χ2v) is 4.20. The molecule has 15 heavy (non-hydrogen) atoms. The Morgan fingerprint density at radius 2 is 2.00 bits per heavy atom. The van der Waals surface area contributed by atoms with E-state index < -0.39 is 0 Å². The topological polar surface area (TPSA) is 32.7 Å². The van der Waals surface area contributed by atoms with E-state index in [1.807, 2.05) is 26.2 Å². The van der Waals surface area contributed by atoms with Gasteiger partial charge in [-0.05, 0) is 12.1 Å². The number of nitrogens with zero attached hydrogens (tertiary/aromatic N) is 2. The molecule has 0 radical (unpaired) electrons. The van der Waals surface area contributed by atoms with Gasteiger partial charge in [0.1, 0.15) is 0 Å². The van der Waals surface area contributed by atoms with Crippen LogP contribution in [0, 0.1) is 0 Å². The second-order valence-electron chi connectivity index (χ2n) is 3.28. The third-order valence-corrected chi connectivity index (χ3v) is 2.28. The molecule has 0 aliphatic rings. The zero-order chi connectivity index (χ0) is 11.3. The monoisotopic (exact) mass is 268 g/mol. The van der Waals surface area contributed by atoms with Crippen LogP contribution in [0.1, 0.15) is 16.8 Å². The van der Waals surface area contributed by atoms with Gasteiger partial charge in [0.2, 0.25) is 0 Å². The second kappa shape index (κ2) is 5.66. The molecule has 1 aromatic carbocycles. The SMILES string of the molecule is CN(C)/N=C/CC(=O)c1ccc(Br)cc1. The average molecular weight is 269 g/mol. The molecule has 0 fully saturated rings. The number of hydrogen-bond acceptors (Lipinski definition) is 3. The number of hydrogen-bond donors (Lipinski definition) is 0. The Morgan fingerprint density at radius 1 is 1.40 bits per heavy atom. The van der Waals surface area contributed by atoms with Crippen LogP contribution in [0.15, 0.2) is 33.8 Å². The fourth-order valence-electron chi connectivity index (χ4n) is 1.04. The third kappa shape index (κ3) is 4.25. The van der Waals surface area contributed by atoms with E-state index in [0.29, 0.717) is 12.0 Å². The van der Waals surface area contributed by atoms with E-state index in [1.165, 1.54) is 0 Å². The predicted octanol–water partition coefficient (Wildman–Crippen LogP) is 2.57. The first kappa shape index (κ1) is 11.9. The molecular formula is C11H13BrN2O. The molecule has 0 aliphatic heterocycles. The van der Waals surface area contributed by atoms with E-state index in [1.54, 1.807) is 23.4 Å². The minimum Gasteiger partial charge on any atom is -0.303 e. The highest BCUT2D eigenvalue weighted by Crippen LogP contribution is 2.11. The van der Waals surface area contributed by atoms with Crippen LogP contribution in [0.3, 0.4) is 0 Å². The average Bonchev–Trinajstić information content (AvgIpc) is 2.18. The summed E-state index contributed by atoms with van der Waals surface area (Å²) in [4.78, 5) is 11.6. The summed E-state index contributed by atoms with van der Waals surface area (Å²) in [5, 5.41) is 5.65. The van der Waals surface area contributed by atoms with Crippen LogP contribution < -0.4 is 0 Å². The summed E-state index contributed by atoms with van der Waals surface area (Å²) in [6, 6.07) is 7.32. The molecule has 0 atom stereocenters.